The van der Waals surface area contributed by atoms with Crippen LogP contribution in [0.5, 0.6) is 0 Å². The van der Waals surface area contributed by atoms with Crippen molar-refractivity contribution in [1.29, 1.82) is 0 Å². The van der Waals surface area contributed by atoms with Crippen LogP contribution in [0, 0.1) is 6.92 Å². The molecule has 6 heteroatoms. The third kappa shape index (κ3) is 2.69. The molecule has 118 valence electrons. The van der Waals surface area contributed by atoms with Crippen LogP contribution in [0.25, 0.3) is 0 Å². The minimum Gasteiger partial charge on any atom is -0.288 e. The van der Waals surface area contributed by atoms with Crippen molar-refractivity contribution in [2.75, 3.05) is 9.96 Å². The predicted octanol–water partition coefficient (Wildman–Crippen LogP) is 3.18. The summed E-state index contributed by atoms with van der Waals surface area (Å²) in [4.78, 5) is 26.1. The zero-order chi connectivity index (χ0) is 16.6. The minimum atomic E-state index is -0.941. The first-order chi connectivity index (χ1) is 11.0. The van der Waals surface area contributed by atoms with E-state index in [0.29, 0.717) is 22.0 Å². The van der Waals surface area contributed by atoms with E-state index < -0.39 is 11.9 Å². The summed E-state index contributed by atoms with van der Waals surface area (Å²) in [7, 11) is 0. The van der Waals surface area contributed by atoms with Gasteiger partial charge in [0.15, 0.2) is 0 Å². The maximum Gasteiger partial charge on any atom is 0.259 e. The summed E-state index contributed by atoms with van der Waals surface area (Å²) in [5.41, 5.74) is 1.57. The molecule has 0 saturated carbocycles. The lowest BCUT2D eigenvalue weighted by Gasteiger charge is -2.23. The van der Waals surface area contributed by atoms with Crippen molar-refractivity contribution in [3.8, 4) is 0 Å². The number of imide groups is 1. The molecule has 1 aliphatic heterocycles. The Labute approximate surface area is 138 Å². The number of rotatable bonds is 3. The van der Waals surface area contributed by atoms with E-state index >= 15 is 0 Å². The SMILES string of the molecule is Cc1c(Cl)cccc1N1C(=O)C[C@H](N(O)c2ccccc2)C1=O. The van der Waals surface area contributed by atoms with Gasteiger partial charge in [-0.15, -0.1) is 0 Å². The maximum atomic E-state index is 12.7. The third-order valence-corrected chi connectivity index (χ3v) is 4.33. The molecule has 0 unspecified atom stereocenters. The Morgan fingerprint density at radius 3 is 2.52 bits per heavy atom. The number of anilines is 2. The molecular weight excluding hydrogens is 316 g/mol. The molecule has 2 aromatic rings. The van der Waals surface area contributed by atoms with Crippen LogP contribution < -0.4 is 9.96 Å². The van der Waals surface area contributed by atoms with E-state index in [4.69, 9.17) is 11.6 Å². The molecule has 0 bridgehead atoms. The molecule has 2 aromatic carbocycles. The number of halogens is 1. The average Bonchev–Trinajstić information content (AvgIpc) is 2.85. The average molecular weight is 331 g/mol. The monoisotopic (exact) mass is 330 g/mol. The van der Waals surface area contributed by atoms with E-state index in [2.05, 4.69) is 0 Å². The number of hydrogen-bond donors (Lipinski definition) is 1. The highest BCUT2D eigenvalue weighted by atomic mass is 35.5. The number of amides is 2. The second-order valence-corrected chi connectivity index (χ2v) is 5.76. The van der Waals surface area contributed by atoms with E-state index in [0.717, 1.165) is 9.96 Å². The number of para-hydroxylation sites is 1. The van der Waals surface area contributed by atoms with Crippen LogP contribution in [-0.4, -0.2) is 23.1 Å². The van der Waals surface area contributed by atoms with Gasteiger partial charge in [-0.25, -0.2) is 9.96 Å². The Hall–Kier alpha value is -2.37. The van der Waals surface area contributed by atoms with E-state index in [1.165, 1.54) is 0 Å². The molecule has 1 atom stereocenters. The Morgan fingerprint density at radius 1 is 1.13 bits per heavy atom. The molecule has 1 aliphatic rings. The summed E-state index contributed by atoms with van der Waals surface area (Å²) in [6, 6.07) is 12.8. The summed E-state index contributed by atoms with van der Waals surface area (Å²) in [5, 5.41) is 11.6. The van der Waals surface area contributed by atoms with Gasteiger partial charge >= 0.3 is 0 Å². The fourth-order valence-corrected chi connectivity index (χ4v) is 2.83. The zero-order valence-electron chi connectivity index (χ0n) is 12.4. The van der Waals surface area contributed by atoms with Gasteiger partial charge < -0.3 is 0 Å². The van der Waals surface area contributed by atoms with Gasteiger partial charge in [-0.3, -0.25) is 14.8 Å². The van der Waals surface area contributed by atoms with Crippen molar-refractivity contribution in [2.45, 2.75) is 19.4 Å². The van der Waals surface area contributed by atoms with Gasteiger partial charge in [0.2, 0.25) is 5.91 Å². The molecule has 0 radical (unpaired) electrons. The van der Waals surface area contributed by atoms with Crippen molar-refractivity contribution in [1.82, 2.24) is 0 Å². The van der Waals surface area contributed by atoms with Gasteiger partial charge in [0.1, 0.15) is 6.04 Å². The molecule has 0 aliphatic carbocycles. The van der Waals surface area contributed by atoms with Crippen molar-refractivity contribution in [2.24, 2.45) is 0 Å². The number of carbonyl (C=O) groups excluding carboxylic acids is 2. The van der Waals surface area contributed by atoms with E-state index in [9.17, 15) is 14.8 Å². The summed E-state index contributed by atoms with van der Waals surface area (Å²) < 4.78 is 0. The summed E-state index contributed by atoms with van der Waals surface area (Å²) in [6.07, 6.45) is -0.0871. The molecule has 1 saturated heterocycles. The van der Waals surface area contributed by atoms with Gasteiger partial charge in [0.05, 0.1) is 17.8 Å². The van der Waals surface area contributed by atoms with Crippen LogP contribution in [0.15, 0.2) is 48.5 Å². The van der Waals surface area contributed by atoms with E-state index in [-0.39, 0.29) is 12.3 Å². The molecule has 1 N–H and O–H groups in total. The largest absolute Gasteiger partial charge is 0.288 e. The van der Waals surface area contributed by atoms with E-state index in [1.54, 1.807) is 55.5 Å². The fraction of sp³-hybridized carbons (Fsp3) is 0.176. The van der Waals surface area contributed by atoms with Gasteiger partial charge in [-0.05, 0) is 36.8 Å². The van der Waals surface area contributed by atoms with Crippen molar-refractivity contribution in [3.63, 3.8) is 0 Å². The number of hydroxylamine groups is 1. The zero-order valence-corrected chi connectivity index (χ0v) is 13.2. The molecule has 1 fully saturated rings. The van der Waals surface area contributed by atoms with Crippen LogP contribution in [0.4, 0.5) is 11.4 Å². The van der Waals surface area contributed by atoms with E-state index in [1.807, 2.05) is 0 Å². The highest BCUT2D eigenvalue weighted by Crippen LogP contribution is 2.32. The van der Waals surface area contributed by atoms with Gasteiger partial charge in [-0.1, -0.05) is 35.9 Å². The fourth-order valence-electron chi connectivity index (χ4n) is 2.66. The molecule has 1 heterocycles. The minimum absolute atomic E-state index is 0.0871. The first kappa shape index (κ1) is 15.5. The number of hydrogen-bond acceptors (Lipinski definition) is 4. The number of carbonyl (C=O) groups is 2. The Bertz CT molecular complexity index is 764. The second-order valence-electron chi connectivity index (χ2n) is 5.35. The quantitative estimate of drug-likeness (QED) is 0.693. The molecule has 2 amide bonds. The molecule has 3 rings (SSSR count). The van der Waals surface area contributed by atoms with Gasteiger partial charge in [-0.2, -0.15) is 0 Å². The number of nitrogens with zero attached hydrogens (tertiary/aromatic N) is 2. The normalized spacial score (nSPS) is 17.7. The topological polar surface area (TPSA) is 60.9 Å². The second kappa shape index (κ2) is 6.02. The Balaban J connectivity index is 1.93. The highest BCUT2D eigenvalue weighted by Gasteiger charge is 2.43. The molecule has 0 spiro atoms. The Kier molecular flexibility index (Phi) is 4.07. The van der Waals surface area contributed by atoms with Crippen LogP contribution in [0.1, 0.15) is 12.0 Å². The predicted molar refractivity (Wildman–Crippen MR) is 87.8 cm³/mol. The maximum absolute atomic E-state index is 12.7. The van der Waals surface area contributed by atoms with Gasteiger partial charge in [0.25, 0.3) is 5.91 Å². The summed E-state index contributed by atoms with van der Waals surface area (Å²) >= 11 is 6.07. The number of benzene rings is 2. The smallest absolute Gasteiger partial charge is 0.259 e. The first-order valence-corrected chi connectivity index (χ1v) is 7.53. The standard InChI is InChI=1S/C17H15ClN2O3/c1-11-13(18)8-5-9-14(11)19-16(21)10-15(17(19)22)20(23)12-6-3-2-4-7-12/h2-9,15,23H,10H2,1H3/t15-/m0/s1. The molecule has 5 nitrogen and oxygen atoms in total. The van der Waals surface area contributed by atoms with Gasteiger partial charge in [0, 0.05) is 5.02 Å². The van der Waals surface area contributed by atoms with Crippen LogP contribution in [0.3, 0.4) is 0 Å². The van der Waals surface area contributed by atoms with Crippen molar-refractivity contribution in [3.05, 3.63) is 59.1 Å². The Morgan fingerprint density at radius 2 is 1.83 bits per heavy atom. The molecular formula is C17H15ClN2O3. The van der Waals surface area contributed by atoms with Crippen molar-refractivity contribution >= 4 is 34.8 Å². The lowest BCUT2D eigenvalue weighted by molar-refractivity contribution is -0.121. The lowest BCUT2D eigenvalue weighted by Crippen LogP contribution is -2.40. The summed E-state index contributed by atoms with van der Waals surface area (Å²) in [6.45, 7) is 1.75. The van der Waals surface area contributed by atoms with Crippen LogP contribution >= 0.6 is 11.6 Å². The lowest BCUT2D eigenvalue weighted by atomic mass is 10.2. The highest BCUT2D eigenvalue weighted by molar-refractivity contribution is 6.32. The van der Waals surface area contributed by atoms with Crippen molar-refractivity contribution < 1.29 is 14.8 Å². The molecule has 0 aromatic heterocycles. The van der Waals surface area contributed by atoms with Crippen LogP contribution in [0.2, 0.25) is 5.02 Å². The molecule has 23 heavy (non-hydrogen) atoms. The summed E-state index contributed by atoms with van der Waals surface area (Å²) in [5.74, 6) is -0.827. The first-order valence-electron chi connectivity index (χ1n) is 7.16. The third-order valence-electron chi connectivity index (χ3n) is 3.92. The van der Waals surface area contributed by atoms with Crippen LogP contribution in [-0.2, 0) is 9.59 Å².